The molecule has 0 saturated heterocycles. The quantitative estimate of drug-likeness (QED) is 0.884. The molecule has 1 aliphatic rings. The van der Waals surface area contributed by atoms with E-state index in [9.17, 15) is 0 Å². The summed E-state index contributed by atoms with van der Waals surface area (Å²) in [6, 6.07) is 6.06. The third kappa shape index (κ3) is 2.97. The van der Waals surface area contributed by atoms with E-state index >= 15 is 0 Å². The molecule has 1 aromatic rings. The number of rotatable bonds is 4. The molecule has 1 saturated carbocycles. The average molecular weight is 275 g/mol. The van der Waals surface area contributed by atoms with E-state index in [1.807, 2.05) is 6.07 Å². The Hall–Kier alpha value is -0.0500. The first kappa shape index (κ1) is 10.5. The maximum absolute atomic E-state index is 5.91. The van der Waals surface area contributed by atoms with Crippen LogP contribution >= 0.6 is 27.5 Å². The van der Waals surface area contributed by atoms with Gasteiger partial charge >= 0.3 is 0 Å². The van der Waals surface area contributed by atoms with Crippen molar-refractivity contribution in [3.8, 4) is 0 Å². The molecule has 0 unspecified atom stereocenters. The van der Waals surface area contributed by atoms with Gasteiger partial charge in [0.2, 0.25) is 0 Å². The third-order valence-corrected chi connectivity index (χ3v) is 3.66. The minimum absolute atomic E-state index is 0.774. The topological polar surface area (TPSA) is 12.0 Å². The monoisotopic (exact) mass is 273 g/mol. The second-order valence-corrected chi connectivity index (χ2v) is 5.08. The molecule has 0 aromatic heterocycles. The van der Waals surface area contributed by atoms with Gasteiger partial charge < -0.3 is 5.32 Å². The minimum atomic E-state index is 0.774. The highest BCUT2D eigenvalue weighted by Crippen LogP contribution is 2.28. The highest BCUT2D eigenvalue weighted by atomic mass is 79.9. The Balaban J connectivity index is 1.85. The smallest absolute Gasteiger partial charge is 0.0548 e. The Kier molecular flexibility index (Phi) is 3.47. The normalized spacial score (nSPS) is 15.9. The fourth-order valence-corrected chi connectivity index (χ4v) is 1.94. The average Bonchev–Trinajstić information content (AvgIpc) is 2.95. The molecular formula is C11H13BrClN. The first-order chi connectivity index (χ1) is 6.75. The Morgan fingerprint density at radius 3 is 2.86 bits per heavy atom. The lowest BCUT2D eigenvalue weighted by Crippen LogP contribution is -2.15. The van der Waals surface area contributed by atoms with Gasteiger partial charge in [-0.2, -0.15) is 0 Å². The molecule has 1 aromatic carbocycles. The van der Waals surface area contributed by atoms with Crippen molar-refractivity contribution in [2.24, 2.45) is 5.92 Å². The maximum Gasteiger partial charge on any atom is 0.0548 e. The van der Waals surface area contributed by atoms with Crippen LogP contribution in [0.25, 0.3) is 0 Å². The molecule has 1 nitrogen and oxygen atoms in total. The van der Waals surface area contributed by atoms with E-state index in [4.69, 9.17) is 11.6 Å². The lowest BCUT2D eigenvalue weighted by atomic mass is 10.2. The third-order valence-electron chi connectivity index (χ3n) is 2.44. The van der Waals surface area contributed by atoms with E-state index < -0.39 is 0 Å². The first-order valence-electron chi connectivity index (χ1n) is 4.90. The zero-order valence-electron chi connectivity index (χ0n) is 7.89. The van der Waals surface area contributed by atoms with Crippen molar-refractivity contribution in [2.45, 2.75) is 19.4 Å². The second-order valence-electron chi connectivity index (χ2n) is 3.82. The number of nitrogens with one attached hydrogen (secondary N) is 1. The first-order valence-corrected chi connectivity index (χ1v) is 6.07. The molecule has 0 heterocycles. The molecular weight excluding hydrogens is 261 g/mol. The lowest BCUT2D eigenvalue weighted by molar-refractivity contribution is 0.638. The van der Waals surface area contributed by atoms with Gasteiger partial charge in [0.1, 0.15) is 0 Å². The molecule has 1 aliphatic carbocycles. The summed E-state index contributed by atoms with van der Waals surface area (Å²) in [6.07, 6.45) is 2.80. The van der Waals surface area contributed by atoms with Gasteiger partial charge in [0.05, 0.1) is 5.02 Å². The Bertz CT molecular complexity index is 323. The Morgan fingerprint density at radius 2 is 2.21 bits per heavy atom. The van der Waals surface area contributed by atoms with Crippen LogP contribution in [0.2, 0.25) is 5.02 Å². The number of hydrogen-bond acceptors (Lipinski definition) is 1. The van der Waals surface area contributed by atoms with E-state index in [1.165, 1.54) is 18.4 Å². The molecule has 0 atom stereocenters. The highest BCUT2D eigenvalue weighted by molar-refractivity contribution is 9.10. The Labute approximate surface area is 98.0 Å². The summed E-state index contributed by atoms with van der Waals surface area (Å²) in [6.45, 7) is 2.09. The molecule has 0 bridgehead atoms. The Morgan fingerprint density at radius 1 is 1.43 bits per heavy atom. The summed E-state index contributed by atoms with van der Waals surface area (Å²) < 4.78 is 0.977. The van der Waals surface area contributed by atoms with Gasteiger partial charge in [0, 0.05) is 11.0 Å². The van der Waals surface area contributed by atoms with E-state index in [0.717, 1.165) is 28.5 Å². The van der Waals surface area contributed by atoms with Gasteiger partial charge in [-0.15, -0.1) is 0 Å². The van der Waals surface area contributed by atoms with E-state index in [1.54, 1.807) is 0 Å². The molecule has 0 aliphatic heterocycles. The van der Waals surface area contributed by atoms with Gasteiger partial charge in [0.25, 0.3) is 0 Å². The standard InChI is InChI=1S/C11H13BrClN/c12-10-5-9(3-4-11(10)13)7-14-6-8-1-2-8/h3-5,8,14H,1-2,6-7H2. The van der Waals surface area contributed by atoms with Crippen molar-refractivity contribution in [2.75, 3.05) is 6.54 Å². The van der Waals surface area contributed by atoms with Crippen molar-refractivity contribution in [1.82, 2.24) is 5.32 Å². The number of benzene rings is 1. The predicted molar refractivity (Wildman–Crippen MR) is 63.6 cm³/mol. The fraction of sp³-hybridized carbons (Fsp3) is 0.455. The number of hydrogen-bond donors (Lipinski definition) is 1. The van der Waals surface area contributed by atoms with E-state index in [-0.39, 0.29) is 0 Å². The molecule has 0 spiro atoms. The van der Waals surface area contributed by atoms with Crippen LogP contribution in [-0.2, 0) is 6.54 Å². The zero-order chi connectivity index (χ0) is 9.97. The summed E-state index contributed by atoms with van der Waals surface area (Å²) in [5, 5.41) is 4.22. The summed E-state index contributed by atoms with van der Waals surface area (Å²) in [4.78, 5) is 0. The van der Waals surface area contributed by atoms with Crippen molar-refractivity contribution in [3.63, 3.8) is 0 Å². The molecule has 14 heavy (non-hydrogen) atoms. The summed E-state index contributed by atoms with van der Waals surface area (Å²) in [5.41, 5.74) is 1.28. The number of halogens is 2. The van der Waals surface area contributed by atoms with Crippen molar-refractivity contribution in [1.29, 1.82) is 0 Å². The molecule has 1 fully saturated rings. The van der Waals surface area contributed by atoms with Crippen LogP contribution < -0.4 is 5.32 Å². The molecule has 76 valence electrons. The van der Waals surface area contributed by atoms with Gasteiger partial charge in [-0.05, 0) is 58.9 Å². The van der Waals surface area contributed by atoms with Crippen LogP contribution in [0.3, 0.4) is 0 Å². The van der Waals surface area contributed by atoms with Crippen LogP contribution in [0.1, 0.15) is 18.4 Å². The molecule has 0 radical (unpaired) electrons. The lowest BCUT2D eigenvalue weighted by Gasteiger charge is -2.04. The molecule has 3 heteroatoms. The van der Waals surface area contributed by atoms with E-state index in [2.05, 4.69) is 33.4 Å². The maximum atomic E-state index is 5.91. The van der Waals surface area contributed by atoms with Crippen LogP contribution in [0.4, 0.5) is 0 Å². The summed E-state index contributed by atoms with van der Waals surface area (Å²) in [5.74, 6) is 0.936. The zero-order valence-corrected chi connectivity index (χ0v) is 10.2. The second kappa shape index (κ2) is 4.65. The fourth-order valence-electron chi connectivity index (χ4n) is 1.39. The van der Waals surface area contributed by atoms with Crippen LogP contribution in [0, 0.1) is 5.92 Å². The van der Waals surface area contributed by atoms with Gasteiger partial charge in [-0.25, -0.2) is 0 Å². The molecule has 1 N–H and O–H groups in total. The van der Waals surface area contributed by atoms with Gasteiger partial charge in [-0.3, -0.25) is 0 Å². The summed E-state index contributed by atoms with van der Waals surface area (Å²) in [7, 11) is 0. The van der Waals surface area contributed by atoms with E-state index in [0.29, 0.717) is 0 Å². The molecule has 0 amide bonds. The van der Waals surface area contributed by atoms with Crippen molar-refractivity contribution >= 4 is 27.5 Å². The van der Waals surface area contributed by atoms with Crippen LogP contribution in [0.5, 0.6) is 0 Å². The minimum Gasteiger partial charge on any atom is -0.312 e. The van der Waals surface area contributed by atoms with Gasteiger partial charge in [-0.1, -0.05) is 17.7 Å². The van der Waals surface area contributed by atoms with Crippen LogP contribution in [0.15, 0.2) is 22.7 Å². The summed E-state index contributed by atoms with van der Waals surface area (Å²) >= 11 is 9.33. The van der Waals surface area contributed by atoms with Crippen LogP contribution in [-0.4, -0.2) is 6.54 Å². The molecule has 2 rings (SSSR count). The van der Waals surface area contributed by atoms with Gasteiger partial charge in [0.15, 0.2) is 0 Å². The van der Waals surface area contributed by atoms with Crippen molar-refractivity contribution < 1.29 is 0 Å². The highest BCUT2D eigenvalue weighted by Gasteiger charge is 2.19. The predicted octanol–water partition coefficient (Wildman–Crippen LogP) is 3.60. The largest absolute Gasteiger partial charge is 0.312 e. The van der Waals surface area contributed by atoms with Crippen molar-refractivity contribution in [3.05, 3.63) is 33.3 Å². The SMILES string of the molecule is Clc1ccc(CNCC2CC2)cc1Br.